The number of anilines is 2. The molecule has 2 nitrogen and oxygen atoms in total. The average molecular weight is 227 g/mol. The number of para-hydroxylation sites is 2. The molecule has 0 saturated carbocycles. The minimum atomic E-state index is 0.929. The molecule has 2 aromatic carbocycles. The van der Waals surface area contributed by atoms with Crippen LogP contribution in [0.1, 0.15) is 12.5 Å². The summed E-state index contributed by atoms with van der Waals surface area (Å²) < 4.78 is 5.48. The molecule has 0 aliphatic rings. The van der Waals surface area contributed by atoms with Crippen molar-refractivity contribution in [3.05, 3.63) is 54.1 Å². The van der Waals surface area contributed by atoms with Crippen LogP contribution in [0.5, 0.6) is 5.75 Å². The Morgan fingerprint density at radius 3 is 2.41 bits per heavy atom. The molecular weight excluding hydrogens is 210 g/mol. The third kappa shape index (κ3) is 2.59. The second-order valence-electron chi connectivity index (χ2n) is 3.84. The Morgan fingerprint density at radius 1 is 1.00 bits per heavy atom. The quantitative estimate of drug-likeness (QED) is 0.852. The van der Waals surface area contributed by atoms with E-state index < -0.39 is 0 Å². The third-order valence-electron chi connectivity index (χ3n) is 2.73. The highest BCUT2D eigenvalue weighted by molar-refractivity contribution is 5.68. The summed E-state index contributed by atoms with van der Waals surface area (Å²) in [6, 6.07) is 16.3. The Morgan fingerprint density at radius 2 is 1.76 bits per heavy atom. The standard InChI is InChI=1S/C15H17NO/c1-3-12-8-7-11-14(15(12)17-2)16-13-9-5-4-6-10-13/h4-11,16H,3H2,1-2H3. The SMILES string of the molecule is CCc1cccc(Nc2ccccc2)c1OC. The first-order chi connectivity index (χ1) is 8.35. The lowest BCUT2D eigenvalue weighted by Crippen LogP contribution is -1.97. The number of benzene rings is 2. The van der Waals surface area contributed by atoms with E-state index in [0.29, 0.717) is 0 Å². The molecule has 0 atom stereocenters. The minimum absolute atomic E-state index is 0.929. The molecule has 2 heteroatoms. The van der Waals surface area contributed by atoms with E-state index in [1.165, 1.54) is 5.56 Å². The Balaban J connectivity index is 2.33. The highest BCUT2D eigenvalue weighted by Crippen LogP contribution is 2.31. The molecular formula is C15H17NO. The summed E-state index contributed by atoms with van der Waals surface area (Å²) in [7, 11) is 1.71. The largest absolute Gasteiger partial charge is 0.494 e. The fraction of sp³-hybridized carbons (Fsp3) is 0.200. The molecule has 0 heterocycles. The fourth-order valence-electron chi connectivity index (χ4n) is 1.88. The van der Waals surface area contributed by atoms with Crippen LogP contribution in [0, 0.1) is 0 Å². The third-order valence-corrected chi connectivity index (χ3v) is 2.73. The van der Waals surface area contributed by atoms with Crippen molar-refractivity contribution in [2.75, 3.05) is 12.4 Å². The maximum atomic E-state index is 5.48. The second kappa shape index (κ2) is 5.39. The van der Waals surface area contributed by atoms with Gasteiger partial charge in [-0.05, 0) is 30.2 Å². The van der Waals surface area contributed by atoms with E-state index in [1.54, 1.807) is 7.11 Å². The molecule has 0 fully saturated rings. The monoisotopic (exact) mass is 227 g/mol. The summed E-state index contributed by atoms with van der Waals surface area (Å²) in [6.45, 7) is 2.13. The summed E-state index contributed by atoms with van der Waals surface area (Å²) in [5, 5.41) is 3.37. The van der Waals surface area contributed by atoms with Gasteiger partial charge in [0.25, 0.3) is 0 Å². The molecule has 0 spiro atoms. The summed E-state index contributed by atoms with van der Waals surface area (Å²) >= 11 is 0. The van der Waals surface area contributed by atoms with Crippen LogP contribution in [0.15, 0.2) is 48.5 Å². The van der Waals surface area contributed by atoms with Crippen molar-refractivity contribution >= 4 is 11.4 Å². The molecule has 2 aromatic rings. The van der Waals surface area contributed by atoms with Crippen molar-refractivity contribution in [1.82, 2.24) is 0 Å². The zero-order chi connectivity index (χ0) is 12.1. The maximum absolute atomic E-state index is 5.48. The predicted octanol–water partition coefficient (Wildman–Crippen LogP) is 4.00. The number of hydrogen-bond acceptors (Lipinski definition) is 2. The van der Waals surface area contributed by atoms with Crippen LogP contribution >= 0.6 is 0 Å². The molecule has 0 radical (unpaired) electrons. The van der Waals surface area contributed by atoms with Crippen molar-refractivity contribution in [3.63, 3.8) is 0 Å². The molecule has 0 saturated heterocycles. The molecule has 17 heavy (non-hydrogen) atoms. The summed E-state index contributed by atoms with van der Waals surface area (Å²) in [6.07, 6.45) is 0.966. The van der Waals surface area contributed by atoms with Gasteiger partial charge < -0.3 is 10.1 Å². The fourth-order valence-corrected chi connectivity index (χ4v) is 1.88. The van der Waals surface area contributed by atoms with Gasteiger partial charge >= 0.3 is 0 Å². The van der Waals surface area contributed by atoms with Crippen LogP contribution in [-0.4, -0.2) is 7.11 Å². The highest BCUT2D eigenvalue weighted by Gasteiger charge is 2.07. The Hall–Kier alpha value is -1.96. The van der Waals surface area contributed by atoms with Gasteiger partial charge in [-0.25, -0.2) is 0 Å². The average Bonchev–Trinajstić information content (AvgIpc) is 2.39. The van der Waals surface area contributed by atoms with Crippen molar-refractivity contribution in [2.45, 2.75) is 13.3 Å². The van der Waals surface area contributed by atoms with Gasteiger partial charge in [0.2, 0.25) is 0 Å². The van der Waals surface area contributed by atoms with E-state index in [2.05, 4.69) is 18.3 Å². The van der Waals surface area contributed by atoms with E-state index >= 15 is 0 Å². The number of nitrogens with one attached hydrogen (secondary N) is 1. The zero-order valence-corrected chi connectivity index (χ0v) is 10.2. The first-order valence-corrected chi connectivity index (χ1v) is 5.83. The van der Waals surface area contributed by atoms with Gasteiger partial charge in [0, 0.05) is 5.69 Å². The van der Waals surface area contributed by atoms with Gasteiger partial charge in [0.05, 0.1) is 12.8 Å². The first kappa shape index (κ1) is 11.5. The summed E-state index contributed by atoms with van der Waals surface area (Å²) in [4.78, 5) is 0. The van der Waals surface area contributed by atoms with Gasteiger partial charge in [0.1, 0.15) is 5.75 Å². The van der Waals surface area contributed by atoms with Crippen molar-refractivity contribution in [3.8, 4) is 5.75 Å². The highest BCUT2D eigenvalue weighted by atomic mass is 16.5. The summed E-state index contributed by atoms with van der Waals surface area (Å²) in [5.74, 6) is 0.929. The molecule has 0 aliphatic heterocycles. The molecule has 0 amide bonds. The molecule has 0 bridgehead atoms. The first-order valence-electron chi connectivity index (χ1n) is 5.83. The Labute approximate surface area is 102 Å². The smallest absolute Gasteiger partial charge is 0.145 e. The van der Waals surface area contributed by atoms with Crippen molar-refractivity contribution in [1.29, 1.82) is 0 Å². The molecule has 0 aromatic heterocycles. The zero-order valence-electron chi connectivity index (χ0n) is 10.2. The van der Waals surface area contributed by atoms with Gasteiger partial charge in [0.15, 0.2) is 0 Å². The number of methoxy groups -OCH3 is 1. The van der Waals surface area contributed by atoms with E-state index in [-0.39, 0.29) is 0 Å². The molecule has 88 valence electrons. The topological polar surface area (TPSA) is 21.3 Å². The normalized spacial score (nSPS) is 10.0. The van der Waals surface area contributed by atoms with Crippen LogP contribution in [-0.2, 0) is 6.42 Å². The lowest BCUT2D eigenvalue weighted by Gasteiger charge is -2.14. The molecule has 1 N–H and O–H groups in total. The van der Waals surface area contributed by atoms with Gasteiger partial charge in [-0.1, -0.05) is 37.3 Å². The van der Waals surface area contributed by atoms with E-state index in [9.17, 15) is 0 Å². The van der Waals surface area contributed by atoms with Gasteiger partial charge in [-0.2, -0.15) is 0 Å². The van der Waals surface area contributed by atoms with E-state index in [0.717, 1.165) is 23.5 Å². The van der Waals surface area contributed by atoms with Crippen LogP contribution in [0.4, 0.5) is 11.4 Å². The molecule has 0 unspecified atom stereocenters. The van der Waals surface area contributed by atoms with Gasteiger partial charge in [-0.3, -0.25) is 0 Å². The van der Waals surface area contributed by atoms with Crippen LogP contribution in [0.25, 0.3) is 0 Å². The number of rotatable bonds is 4. The van der Waals surface area contributed by atoms with Crippen LogP contribution in [0.3, 0.4) is 0 Å². The van der Waals surface area contributed by atoms with Gasteiger partial charge in [-0.15, -0.1) is 0 Å². The number of ether oxygens (including phenoxy) is 1. The van der Waals surface area contributed by atoms with Crippen molar-refractivity contribution < 1.29 is 4.74 Å². The summed E-state index contributed by atoms with van der Waals surface area (Å²) in [5.41, 5.74) is 3.30. The van der Waals surface area contributed by atoms with Crippen LogP contribution < -0.4 is 10.1 Å². The Kier molecular flexibility index (Phi) is 3.66. The Bertz CT molecular complexity index is 480. The van der Waals surface area contributed by atoms with Crippen LogP contribution in [0.2, 0.25) is 0 Å². The number of hydrogen-bond donors (Lipinski definition) is 1. The lowest BCUT2D eigenvalue weighted by molar-refractivity contribution is 0.412. The molecule has 0 aliphatic carbocycles. The van der Waals surface area contributed by atoms with Crippen molar-refractivity contribution in [2.24, 2.45) is 0 Å². The minimum Gasteiger partial charge on any atom is -0.494 e. The van der Waals surface area contributed by atoms with E-state index in [1.807, 2.05) is 42.5 Å². The number of aryl methyl sites for hydroxylation is 1. The predicted molar refractivity (Wildman–Crippen MR) is 72.1 cm³/mol. The maximum Gasteiger partial charge on any atom is 0.145 e. The van der Waals surface area contributed by atoms with E-state index in [4.69, 9.17) is 4.74 Å². The lowest BCUT2D eigenvalue weighted by atomic mass is 10.1. The second-order valence-corrected chi connectivity index (χ2v) is 3.84. The molecule has 2 rings (SSSR count).